The van der Waals surface area contributed by atoms with Gasteiger partial charge in [-0.2, -0.15) is 0 Å². The van der Waals surface area contributed by atoms with Crippen molar-refractivity contribution in [3.63, 3.8) is 0 Å². The molecule has 2 heterocycles. The Balaban J connectivity index is 2.63. The fourth-order valence-electron chi connectivity index (χ4n) is 1.17. The topological polar surface area (TPSA) is 38.7 Å². The highest BCUT2D eigenvalue weighted by Gasteiger charge is 2.09. The van der Waals surface area contributed by atoms with E-state index in [0.717, 1.165) is 11.2 Å². The van der Waals surface area contributed by atoms with Crippen LogP contribution in [0.3, 0.4) is 0 Å². The number of aromatic nitrogens is 3. The number of nitrogens with zero attached hydrogens (tertiary/aromatic N) is 3. The van der Waals surface area contributed by atoms with Gasteiger partial charge >= 0.3 is 0 Å². The molecule has 0 saturated carbocycles. The molecule has 0 saturated heterocycles. The van der Waals surface area contributed by atoms with Gasteiger partial charge in [-0.25, -0.2) is 20.0 Å². The monoisotopic (exact) mass is 207 g/mol. The minimum Gasteiger partial charge on any atom is -0.251 e. The van der Waals surface area contributed by atoms with Crippen LogP contribution in [-0.4, -0.2) is 33.7 Å². The Kier molecular flexibility index (Phi) is 2.15. The van der Waals surface area contributed by atoms with Crippen molar-refractivity contribution in [3.8, 4) is 0 Å². The maximum atomic E-state index is 4.29. The second-order valence-corrected chi connectivity index (χ2v) is 8.05. The molecule has 4 heteroatoms. The van der Waals surface area contributed by atoms with Gasteiger partial charge in [-0.3, -0.25) is 4.98 Å². The van der Waals surface area contributed by atoms with E-state index in [1.807, 2.05) is 6.20 Å². The molecular weight excluding hydrogens is 194 g/mol. The van der Waals surface area contributed by atoms with Crippen LogP contribution < -0.4 is 0 Å². The zero-order chi connectivity index (χ0) is 10.2. The van der Waals surface area contributed by atoms with Crippen molar-refractivity contribution in [1.82, 2.24) is 15.0 Å². The number of hydrogen-bond acceptors (Lipinski definition) is 3. The average molecular weight is 207 g/mol. The molecule has 2 aromatic heterocycles. The summed E-state index contributed by atoms with van der Waals surface area (Å²) in [7, 11) is -0.725. The van der Waals surface area contributed by atoms with Gasteiger partial charge in [-0.05, 0) is 24.8 Å². The highest BCUT2D eigenvalue weighted by molar-refractivity contribution is 8.32. The Morgan fingerprint density at radius 3 is 2.43 bits per heavy atom. The van der Waals surface area contributed by atoms with Crippen LogP contribution in [0.25, 0.3) is 11.2 Å². The summed E-state index contributed by atoms with van der Waals surface area (Å²) in [5.41, 5.74) is 1.60. The second-order valence-electron chi connectivity index (χ2n) is 3.91. The lowest BCUT2D eigenvalue weighted by atomic mass is 10.4. The molecule has 0 amide bonds. The molecule has 0 aliphatic rings. The lowest BCUT2D eigenvalue weighted by Gasteiger charge is -2.24. The second kappa shape index (κ2) is 3.20. The van der Waals surface area contributed by atoms with Crippen LogP contribution in [-0.2, 0) is 0 Å². The summed E-state index contributed by atoms with van der Waals surface area (Å²) in [6.07, 6.45) is 12.0. The van der Waals surface area contributed by atoms with Gasteiger partial charge in [-0.1, -0.05) is 0 Å². The predicted octanol–water partition coefficient (Wildman–Crippen LogP) is 2.08. The van der Waals surface area contributed by atoms with Crippen LogP contribution in [0.15, 0.2) is 29.6 Å². The van der Waals surface area contributed by atoms with Crippen molar-refractivity contribution in [2.45, 2.75) is 4.90 Å². The third-order valence-electron chi connectivity index (χ3n) is 2.01. The molecule has 0 aromatic carbocycles. The lowest BCUT2D eigenvalue weighted by molar-refractivity contribution is 1.18. The highest BCUT2D eigenvalue weighted by atomic mass is 32.3. The molecule has 0 radical (unpaired) electrons. The standard InChI is InChI=1S/C10H13N3S/c1-14(2,3)8-6-9-10(13-7-8)12-5-4-11-9/h4-7H,1-3H3. The molecule has 0 spiro atoms. The fourth-order valence-corrected chi connectivity index (χ4v) is 2.01. The number of rotatable bonds is 1. The maximum absolute atomic E-state index is 4.29. The quantitative estimate of drug-likeness (QED) is 0.718. The van der Waals surface area contributed by atoms with Crippen molar-refractivity contribution in [1.29, 1.82) is 0 Å². The van der Waals surface area contributed by atoms with Crippen molar-refractivity contribution < 1.29 is 0 Å². The molecule has 74 valence electrons. The van der Waals surface area contributed by atoms with Gasteiger partial charge in [0.05, 0.1) is 0 Å². The first kappa shape index (κ1) is 9.40. The molecule has 0 aliphatic heterocycles. The summed E-state index contributed by atoms with van der Waals surface area (Å²) in [4.78, 5) is 13.9. The van der Waals surface area contributed by atoms with E-state index < -0.39 is 10.0 Å². The molecule has 2 aromatic rings. The Morgan fingerprint density at radius 1 is 1.00 bits per heavy atom. The van der Waals surface area contributed by atoms with E-state index in [1.165, 1.54) is 4.90 Å². The molecule has 14 heavy (non-hydrogen) atoms. The first-order valence-corrected chi connectivity index (χ1v) is 7.18. The molecule has 3 nitrogen and oxygen atoms in total. The minimum atomic E-state index is -0.725. The first-order chi connectivity index (χ1) is 6.57. The summed E-state index contributed by atoms with van der Waals surface area (Å²) in [6.45, 7) is 0. The fraction of sp³-hybridized carbons (Fsp3) is 0.300. The van der Waals surface area contributed by atoms with E-state index in [1.54, 1.807) is 12.4 Å². The average Bonchev–Trinajstić information content (AvgIpc) is 2.16. The van der Waals surface area contributed by atoms with Gasteiger partial charge in [-0.15, -0.1) is 0 Å². The SMILES string of the molecule is CS(C)(C)c1cnc2nccnc2c1. The van der Waals surface area contributed by atoms with E-state index in [4.69, 9.17) is 0 Å². The normalized spacial score (nSPS) is 13.1. The van der Waals surface area contributed by atoms with Crippen molar-refractivity contribution in [2.24, 2.45) is 0 Å². The van der Waals surface area contributed by atoms with Gasteiger partial charge in [0.1, 0.15) is 5.52 Å². The van der Waals surface area contributed by atoms with E-state index >= 15 is 0 Å². The van der Waals surface area contributed by atoms with Crippen molar-refractivity contribution in [2.75, 3.05) is 18.8 Å². The summed E-state index contributed by atoms with van der Waals surface area (Å²) < 4.78 is 0. The largest absolute Gasteiger partial charge is 0.251 e. The first-order valence-electron chi connectivity index (χ1n) is 4.32. The van der Waals surface area contributed by atoms with Crippen LogP contribution in [0.2, 0.25) is 0 Å². The number of hydrogen-bond donors (Lipinski definition) is 0. The third-order valence-corrected chi connectivity index (χ3v) is 3.64. The van der Waals surface area contributed by atoms with Crippen molar-refractivity contribution in [3.05, 3.63) is 24.7 Å². The number of pyridine rings is 1. The van der Waals surface area contributed by atoms with Gasteiger partial charge < -0.3 is 0 Å². The van der Waals surface area contributed by atoms with Crippen LogP contribution in [0.4, 0.5) is 0 Å². The van der Waals surface area contributed by atoms with E-state index in [-0.39, 0.29) is 0 Å². The highest BCUT2D eigenvalue weighted by Crippen LogP contribution is 2.44. The Bertz CT molecular complexity index is 462. The molecule has 0 N–H and O–H groups in total. The molecule has 0 unspecified atom stereocenters. The zero-order valence-electron chi connectivity index (χ0n) is 8.56. The Labute approximate surface area is 84.9 Å². The molecule has 0 aliphatic carbocycles. The number of fused-ring (bicyclic) bond motifs is 1. The lowest BCUT2D eigenvalue weighted by Crippen LogP contribution is -1.95. The van der Waals surface area contributed by atoms with Gasteiger partial charge in [0.15, 0.2) is 5.65 Å². The van der Waals surface area contributed by atoms with E-state index in [0.29, 0.717) is 0 Å². The molecular formula is C10H13N3S. The Morgan fingerprint density at radius 2 is 1.71 bits per heavy atom. The Hall–Kier alpha value is -1.16. The van der Waals surface area contributed by atoms with Gasteiger partial charge in [0.25, 0.3) is 0 Å². The summed E-state index contributed by atoms with van der Waals surface area (Å²) >= 11 is 0. The summed E-state index contributed by atoms with van der Waals surface area (Å²) in [5.74, 6) is 0. The third kappa shape index (κ3) is 1.70. The molecule has 0 bridgehead atoms. The van der Waals surface area contributed by atoms with Crippen LogP contribution in [0, 0.1) is 0 Å². The summed E-state index contributed by atoms with van der Waals surface area (Å²) in [5, 5.41) is 0. The van der Waals surface area contributed by atoms with E-state index in [9.17, 15) is 0 Å². The summed E-state index contributed by atoms with van der Waals surface area (Å²) in [6, 6.07) is 2.09. The molecule has 0 fully saturated rings. The maximum Gasteiger partial charge on any atom is 0.178 e. The van der Waals surface area contributed by atoms with Crippen LogP contribution in [0.1, 0.15) is 0 Å². The van der Waals surface area contributed by atoms with Crippen LogP contribution in [0.5, 0.6) is 0 Å². The van der Waals surface area contributed by atoms with E-state index in [2.05, 4.69) is 39.8 Å². The smallest absolute Gasteiger partial charge is 0.178 e. The van der Waals surface area contributed by atoms with Crippen molar-refractivity contribution >= 4 is 21.2 Å². The molecule has 0 atom stereocenters. The van der Waals surface area contributed by atoms with Gasteiger partial charge in [0.2, 0.25) is 0 Å². The van der Waals surface area contributed by atoms with Crippen LogP contribution >= 0.6 is 10.0 Å². The van der Waals surface area contributed by atoms with Gasteiger partial charge in [0, 0.05) is 23.5 Å². The minimum absolute atomic E-state index is 0.722. The predicted molar refractivity (Wildman–Crippen MR) is 61.0 cm³/mol. The molecule has 2 rings (SSSR count). The zero-order valence-corrected chi connectivity index (χ0v) is 9.38.